The Morgan fingerprint density at radius 1 is 0.625 bits per heavy atom. The molecule has 2 aromatic rings. The van der Waals surface area contributed by atoms with Crippen molar-refractivity contribution >= 4 is 21.8 Å². The standard InChI is InChI=1S/C20H24S2.2ClHO4/c1-3-5-10-16-15(4-2)21-17-11-6-8-13-19(17)22(16)20-14-9-7-12-18(20)21;2*2-1(3,4)5/h6-9,11-16H,3-5,10H2,1-2H3;2*(H,2,3,4,5)/q+2;;/p-2/t15-,16-,21?,22?;;/m0../s1. The lowest BCUT2D eigenvalue weighted by molar-refractivity contribution is -2.00. The summed E-state index contributed by atoms with van der Waals surface area (Å²) >= 11 is 0. The van der Waals surface area contributed by atoms with E-state index in [1.54, 1.807) is 19.6 Å². The van der Waals surface area contributed by atoms with Gasteiger partial charge < -0.3 is 0 Å². The molecule has 0 saturated carbocycles. The molecule has 0 unspecified atom stereocenters. The predicted octanol–water partition coefficient (Wildman–Crippen LogP) is -4.09. The fourth-order valence-electron chi connectivity index (χ4n) is 3.96. The van der Waals surface area contributed by atoms with E-state index in [9.17, 15) is 0 Å². The van der Waals surface area contributed by atoms with Crippen molar-refractivity contribution in [3.8, 4) is 0 Å². The number of halogens is 2. The molecule has 5 rings (SSSR count). The summed E-state index contributed by atoms with van der Waals surface area (Å²) in [7, 11) is -9.29. The Hall–Kier alpha value is -0.600. The minimum absolute atomic E-state index is 0.300. The monoisotopic (exact) mass is 526 g/mol. The Kier molecular flexibility index (Phi) is 10.1. The van der Waals surface area contributed by atoms with Crippen LogP contribution in [-0.2, 0) is 21.8 Å². The fraction of sp³-hybridized carbons (Fsp3) is 0.400. The van der Waals surface area contributed by atoms with Gasteiger partial charge in [0.15, 0.2) is 10.5 Å². The molecule has 2 atom stereocenters. The summed E-state index contributed by atoms with van der Waals surface area (Å²) in [6.07, 6.45) is 5.43. The Balaban J connectivity index is 0.000000308. The van der Waals surface area contributed by atoms with E-state index in [1.165, 1.54) is 25.7 Å². The second-order valence-corrected chi connectivity index (χ2v) is 12.8. The molecule has 2 aromatic carbocycles. The van der Waals surface area contributed by atoms with Gasteiger partial charge in [0.2, 0.25) is 19.6 Å². The second-order valence-electron chi connectivity index (χ2n) is 6.95. The van der Waals surface area contributed by atoms with Crippen molar-refractivity contribution in [2.24, 2.45) is 0 Å². The van der Waals surface area contributed by atoms with Crippen LogP contribution in [0.4, 0.5) is 0 Å². The Morgan fingerprint density at radius 2 is 0.938 bits per heavy atom. The van der Waals surface area contributed by atoms with Crippen LogP contribution in [-0.4, -0.2) is 10.5 Å². The van der Waals surface area contributed by atoms with Gasteiger partial charge in [-0.2, -0.15) is 0 Å². The van der Waals surface area contributed by atoms with Gasteiger partial charge in [0, 0.05) is 6.42 Å². The number of fused-ring (bicyclic) bond motifs is 1. The molecular formula is C20H24Cl2O8S2. The molecule has 12 heteroatoms. The first kappa shape index (κ1) is 27.6. The highest BCUT2D eigenvalue weighted by Crippen LogP contribution is 2.54. The van der Waals surface area contributed by atoms with E-state index >= 15 is 0 Å². The fourth-order valence-corrected chi connectivity index (χ4v) is 11.2. The van der Waals surface area contributed by atoms with Crippen LogP contribution in [0.5, 0.6) is 0 Å². The van der Waals surface area contributed by atoms with Gasteiger partial charge in [-0.15, -0.1) is 20.5 Å². The quantitative estimate of drug-likeness (QED) is 0.359. The molecule has 0 aliphatic carbocycles. The zero-order chi connectivity index (χ0) is 24.1. The molecule has 0 spiro atoms. The number of benzene rings is 2. The lowest BCUT2D eigenvalue weighted by Gasteiger charge is -2.35. The summed E-state index contributed by atoms with van der Waals surface area (Å²) in [5.41, 5.74) is 0. The van der Waals surface area contributed by atoms with Crippen molar-refractivity contribution in [2.75, 3.05) is 0 Å². The highest BCUT2D eigenvalue weighted by molar-refractivity contribution is 8.06. The average Bonchev–Trinajstić information content (AvgIpc) is 2.69. The maximum atomic E-state index is 8.49. The van der Waals surface area contributed by atoms with Crippen LogP contribution in [0.15, 0.2) is 68.1 Å². The van der Waals surface area contributed by atoms with Crippen molar-refractivity contribution < 1.29 is 57.8 Å². The molecule has 0 amide bonds. The third-order valence-electron chi connectivity index (χ3n) is 4.91. The largest absolute Gasteiger partial charge is 0.222 e. The van der Waals surface area contributed by atoms with E-state index in [0.29, 0.717) is 21.8 Å². The van der Waals surface area contributed by atoms with Crippen molar-refractivity contribution in [3.05, 3.63) is 48.5 Å². The molecular weight excluding hydrogens is 503 g/mol. The molecule has 3 heterocycles. The number of rotatable bonds is 4. The smallest absolute Gasteiger partial charge is 0.216 e. The molecule has 3 aliphatic rings. The maximum absolute atomic E-state index is 8.49. The Labute approximate surface area is 197 Å². The molecule has 0 N–H and O–H groups in total. The van der Waals surface area contributed by atoms with Crippen molar-refractivity contribution in [3.63, 3.8) is 0 Å². The van der Waals surface area contributed by atoms with Gasteiger partial charge in [-0.25, -0.2) is 37.3 Å². The summed E-state index contributed by atoms with van der Waals surface area (Å²) in [4.78, 5) is 6.64. The van der Waals surface area contributed by atoms with Crippen molar-refractivity contribution in [1.29, 1.82) is 0 Å². The van der Waals surface area contributed by atoms with Gasteiger partial charge in [-0.05, 0) is 37.1 Å². The predicted molar refractivity (Wildman–Crippen MR) is 98.1 cm³/mol. The van der Waals surface area contributed by atoms with Crippen molar-refractivity contribution in [2.45, 2.75) is 69.6 Å². The summed E-state index contributed by atoms with van der Waals surface area (Å²) < 4.78 is 67.9. The van der Waals surface area contributed by atoms with Crippen LogP contribution < -0.4 is 37.3 Å². The number of hydrogen-bond donors (Lipinski definition) is 0. The minimum Gasteiger partial charge on any atom is -0.222 e. The Bertz CT molecular complexity index is 804. The van der Waals surface area contributed by atoms with Crippen molar-refractivity contribution in [1.82, 2.24) is 0 Å². The number of hydrogen-bond acceptors (Lipinski definition) is 8. The summed E-state index contributed by atoms with van der Waals surface area (Å²) in [5.74, 6) is 0. The molecule has 32 heavy (non-hydrogen) atoms. The van der Waals surface area contributed by atoms with E-state index in [0.717, 1.165) is 10.5 Å². The van der Waals surface area contributed by atoms with Gasteiger partial charge in [0.25, 0.3) is 0 Å². The van der Waals surface area contributed by atoms with E-state index in [-0.39, 0.29) is 0 Å². The first-order chi connectivity index (χ1) is 14.9. The third kappa shape index (κ3) is 7.73. The van der Waals surface area contributed by atoms with Gasteiger partial charge in [-0.3, -0.25) is 0 Å². The van der Waals surface area contributed by atoms with Gasteiger partial charge in [0.05, 0.1) is 21.8 Å². The highest BCUT2D eigenvalue weighted by atomic mass is 35.7. The van der Waals surface area contributed by atoms with Crippen LogP contribution in [0.3, 0.4) is 0 Å². The molecule has 8 nitrogen and oxygen atoms in total. The molecule has 0 saturated heterocycles. The summed E-state index contributed by atoms with van der Waals surface area (Å²) in [6, 6.07) is 18.6. The van der Waals surface area contributed by atoms with Gasteiger partial charge in [-0.1, -0.05) is 44.5 Å². The average molecular weight is 527 g/mol. The highest BCUT2D eigenvalue weighted by Gasteiger charge is 2.64. The molecule has 0 aromatic heterocycles. The van der Waals surface area contributed by atoms with Gasteiger partial charge >= 0.3 is 0 Å². The summed E-state index contributed by atoms with van der Waals surface area (Å²) in [6.45, 7) is 4.74. The topological polar surface area (TPSA) is 184 Å². The molecule has 2 bridgehead atoms. The van der Waals surface area contributed by atoms with Crippen LogP contribution >= 0.6 is 0 Å². The molecule has 0 radical (unpaired) electrons. The lowest BCUT2D eigenvalue weighted by Crippen LogP contribution is -2.68. The minimum atomic E-state index is -4.94. The van der Waals surface area contributed by atoms with Crippen LogP contribution in [0.2, 0.25) is 0 Å². The normalized spacial score (nSPS) is 23.2. The zero-order valence-corrected chi connectivity index (χ0v) is 20.6. The SMILES string of the molecule is CCCC[C@H]1[C@H](CC)[S+]2c3ccccc3[S+]1c1ccccc12.[O-][Cl+3]([O-])([O-])[O-].[O-][Cl+3]([O-])([O-])[O-]. The van der Waals surface area contributed by atoms with E-state index in [2.05, 4.69) is 62.4 Å². The van der Waals surface area contributed by atoms with Crippen LogP contribution in [0.25, 0.3) is 0 Å². The number of unbranched alkanes of at least 4 members (excludes halogenated alkanes) is 1. The Morgan fingerprint density at radius 3 is 1.22 bits per heavy atom. The molecule has 0 fully saturated rings. The zero-order valence-electron chi connectivity index (χ0n) is 17.4. The van der Waals surface area contributed by atoms with Crippen LogP contribution in [0.1, 0.15) is 39.5 Å². The molecule has 178 valence electrons. The van der Waals surface area contributed by atoms with Crippen LogP contribution in [0, 0.1) is 20.5 Å². The third-order valence-corrected chi connectivity index (χ3v) is 11.1. The molecule has 3 aliphatic heterocycles. The van der Waals surface area contributed by atoms with E-state index in [1.807, 2.05) is 0 Å². The van der Waals surface area contributed by atoms with E-state index < -0.39 is 20.5 Å². The summed E-state index contributed by atoms with van der Waals surface area (Å²) in [5, 5.41) is 1.73. The first-order valence-electron chi connectivity index (χ1n) is 9.74. The lowest BCUT2D eigenvalue weighted by atomic mass is 10.1. The maximum Gasteiger partial charge on any atom is 0.216 e. The first-order valence-corrected chi connectivity index (χ1v) is 14.8. The second kappa shape index (κ2) is 11.7. The van der Waals surface area contributed by atoms with Gasteiger partial charge in [0.1, 0.15) is 0 Å². The van der Waals surface area contributed by atoms with E-state index in [4.69, 9.17) is 37.3 Å².